The lowest BCUT2D eigenvalue weighted by Gasteiger charge is -2.36. The molecule has 4 aromatic rings. The van der Waals surface area contributed by atoms with E-state index in [2.05, 4.69) is 51.1 Å². The molecule has 1 aliphatic heterocycles. The number of anilines is 2. The van der Waals surface area contributed by atoms with Crippen molar-refractivity contribution in [3.8, 4) is 11.5 Å². The Morgan fingerprint density at radius 1 is 0.971 bits per heavy atom. The number of carbonyl (C=O) groups excluding carboxylic acids is 1. The van der Waals surface area contributed by atoms with E-state index in [-0.39, 0.29) is 6.03 Å². The molecule has 0 radical (unpaired) electrons. The molecule has 0 unspecified atom stereocenters. The number of aromatic amines is 1. The summed E-state index contributed by atoms with van der Waals surface area (Å²) in [7, 11) is 0. The van der Waals surface area contributed by atoms with E-state index >= 15 is 0 Å². The summed E-state index contributed by atoms with van der Waals surface area (Å²) in [4.78, 5) is 28.6. The number of nitrogens with one attached hydrogen (secondary N) is 2. The first kappa shape index (κ1) is 21.8. The molecule has 0 spiro atoms. The topological polar surface area (TPSA) is 86.4 Å². The average molecular weight is 457 g/mol. The zero-order valence-corrected chi connectivity index (χ0v) is 19.6. The van der Waals surface area contributed by atoms with Gasteiger partial charge in [-0.2, -0.15) is 0 Å². The van der Waals surface area contributed by atoms with Crippen LogP contribution in [0.4, 0.5) is 16.2 Å². The van der Waals surface area contributed by atoms with Crippen LogP contribution in [0.1, 0.15) is 17.0 Å². The van der Waals surface area contributed by atoms with Gasteiger partial charge in [0.1, 0.15) is 11.6 Å². The normalized spacial score (nSPS) is 13.9. The van der Waals surface area contributed by atoms with Crippen LogP contribution >= 0.6 is 0 Å². The number of fused-ring (bicyclic) bond motifs is 1. The van der Waals surface area contributed by atoms with Crippen molar-refractivity contribution in [2.45, 2.75) is 20.8 Å². The highest BCUT2D eigenvalue weighted by Gasteiger charge is 2.22. The van der Waals surface area contributed by atoms with Crippen LogP contribution in [0.3, 0.4) is 0 Å². The van der Waals surface area contributed by atoms with Crippen LogP contribution in [0.25, 0.3) is 10.9 Å². The number of aromatic nitrogens is 3. The number of ether oxygens (including phenoxy) is 1. The molecule has 2 aromatic carbocycles. The monoisotopic (exact) mass is 456 g/mol. The summed E-state index contributed by atoms with van der Waals surface area (Å²) in [6, 6.07) is 12.1. The molecule has 8 nitrogen and oxygen atoms in total. The molecule has 2 N–H and O–H groups in total. The van der Waals surface area contributed by atoms with Crippen molar-refractivity contribution in [2.24, 2.45) is 0 Å². The highest BCUT2D eigenvalue weighted by molar-refractivity contribution is 6.02. The molecule has 174 valence electrons. The Kier molecular flexibility index (Phi) is 5.79. The first-order valence-electron chi connectivity index (χ1n) is 11.4. The number of nitrogens with zero attached hydrogens (tertiary/aromatic N) is 4. The molecule has 3 heterocycles. The zero-order chi connectivity index (χ0) is 23.7. The SMILES string of the molecule is Cc1cc(C)c2[nH]cc(NC(=O)N3CCN(c4ccc(Oc5cnc(C)nc5)cc4)CC3)c2c1. The van der Waals surface area contributed by atoms with Gasteiger partial charge in [0.15, 0.2) is 5.75 Å². The lowest BCUT2D eigenvalue weighted by atomic mass is 10.1. The maximum absolute atomic E-state index is 12.9. The van der Waals surface area contributed by atoms with E-state index in [1.54, 1.807) is 12.4 Å². The second-order valence-corrected chi connectivity index (χ2v) is 8.67. The van der Waals surface area contributed by atoms with Crippen LogP contribution in [0.15, 0.2) is 55.0 Å². The van der Waals surface area contributed by atoms with Crippen molar-refractivity contribution in [2.75, 3.05) is 36.4 Å². The molecule has 34 heavy (non-hydrogen) atoms. The van der Waals surface area contributed by atoms with Crippen LogP contribution in [0.5, 0.6) is 11.5 Å². The van der Waals surface area contributed by atoms with Gasteiger partial charge in [0, 0.05) is 43.4 Å². The summed E-state index contributed by atoms with van der Waals surface area (Å²) in [6.07, 6.45) is 5.20. The third kappa shape index (κ3) is 4.52. The number of H-pyrrole nitrogens is 1. The number of urea groups is 1. The molecule has 1 saturated heterocycles. The number of aryl methyl sites for hydroxylation is 3. The molecule has 0 saturated carbocycles. The summed E-state index contributed by atoms with van der Waals surface area (Å²) >= 11 is 0. The van der Waals surface area contributed by atoms with E-state index in [9.17, 15) is 4.79 Å². The highest BCUT2D eigenvalue weighted by Crippen LogP contribution is 2.28. The van der Waals surface area contributed by atoms with Gasteiger partial charge in [0.05, 0.1) is 23.6 Å². The average Bonchev–Trinajstić information content (AvgIpc) is 3.24. The predicted octanol–water partition coefficient (Wildman–Crippen LogP) is 5.03. The second kappa shape index (κ2) is 9.05. The number of rotatable bonds is 4. The number of carbonyl (C=O) groups is 1. The van der Waals surface area contributed by atoms with Gasteiger partial charge in [0.25, 0.3) is 0 Å². The first-order chi connectivity index (χ1) is 16.5. The maximum Gasteiger partial charge on any atom is 0.322 e. The molecular weight excluding hydrogens is 428 g/mol. The summed E-state index contributed by atoms with van der Waals surface area (Å²) in [6.45, 7) is 8.84. The van der Waals surface area contributed by atoms with Crippen molar-refractivity contribution in [1.82, 2.24) is 19.9 Å². The number of piperazine rings is 1. The van der Waals surface area contributed by atoms with Gasteiger partial charge in [-0.1, -0.05) is 11.6 Å². The summed E-state index contributed by atoms with van der Waals surface area (Å²) in [5.41, 5.74) is 5.34. The van der Waals surface area contributed by atoms with Crippen LogP contribution in [0, 0.1) is 20.8 Å². The lowest BCUT2D eigenvalue weighted by molar-refractivity contribution is 0.208. The fourth-order valence-corrected chi connectivity index (χ4v) is 4.35. The Balaban J connectivity index is 1.18. The van der Waals surface area contributed by atoms with Crippen LogP contribution in [-0.2, 0) is 0 Å². The van der Waals surface area contributed by atoms with E-state index in [0.717, 1.165) is 41.1 Å². The van der Waals surface area contributed by atoms with Gasteiger partial charge in [-0.15, -0.1) is 0 Å². The van der Waals surface area contributed by atoms with Crippen LogP contribution in [0.2, 0.25) is 0 Å². The molecule has 1 fully saturated rings. The molecule has 2 amide bonds. The van der Waals surface area contributed by atoms with Gasteiger partial charge >= 0.3 is 6.03 Å². The third-order valence-electron chi connectivity index (χ3n) is 6.13. The van der Waals surface area contributed by atoms with Crippen LogP contribution in [-0.4, -0.2) is 52.1 Å². The fraction of sp³-hybridized carbons (Fsp3) is 0.269. The number of amides is 2. The van der Waals surface area contributed by atoms with Gasteiger partial charge in [-0.05, 0) is 56.7 Å². The number of benzene rings is 2. The van der Waals surface area contributed by atoms with Crippen molar-refractivity contribution in [1.29, 1.82) is 0 Å². The molecule has 1 aliphatic rings. The lowest BCUT2D eigenvalue weighted by Crippen LogP contribution is -2.50. The maximum atomic E-state index is 12.9. The summed E-state index contributed by atoms with van der Waals surface area (Å²) in [5.74, 6) is 2.05. The second-order valence-electron chi connectivity index (χ2n) is 8.67. The quantitative estimate of drug-likeness (QED) is 0.450. The van der Waals surface area contributed by atoms with E-state index in [0.29, 0.717) is 24.7 Å². The Hall–Kier alpha value is -4.07. The van der Waals surface area contributed by atoms with Gasteiger partial charge < -0.3 is 24.8 Å². The van der Waals surface area contributed by atoms with Crippen LogP contribution < -0.4 is 15.0 Å². The van der Waals surface area contributed by atoms with Gasteiger partial charge in [-0.25, -0.2) is 14.8 Å². The first-order valence-corrected chi connectivity index (χ1v) is 11.4. The Morgan fingerprint density at radius 2 is 1.68 bits per heavy atom. The molecule has 5 rings (SSSR count). The standard InChI is InChI=1S/C26H28N6O2/c1-17-12-18(2)25-23(13-17)24(16-29-25)30-26(33)32-10-8-31(9-11-32)20-4-6-21(7-5-20)34-22-14-27-19(3)28-15-22/h4-7,12-16,29H,8-11H2,1-3H3,(H,30,33). The largest absolute Gasteiger partial charge is 0.454 e. The molecule has 0 atom stereocenters. The van der Waals surface area contributed by atoms with Crippen molar-refractivity contribution in [3.63, 3.8) is 0 Å². The molecular formula is C26H28N6O2. The Bertz CT molecular complexity index is 1310. The highest BCUT2D eigenvalue weighted by atomic mass is 16.5. The Labute approximate surface area is 198 Å². The molecule has 0 aliphatic carbocycles. The molecule has 0 bridgehead atoms. The smallest absolute Gasteiger partial charge is 0.322 e. The van der Waals surface area contributed by atoms with Crippen molar-refractivity contribution in [3.05, 3.63) is 71.9 Å². The predicted molar refractivity (Wildman–Crippen MR) is 134 cm³/mol. The minimum absolute atomic E-state index is 0.0660. The van der Waals surface area contributed by atoms with Crippen molar-refractivity contribution >= 4 is 28.3 Å². The van der Waals surface area contributed by atoms with E-state index in [4.69, 9.17) is 4.74 Å². The van der Waals surface area contributed by atoms with Gasteiger partial charge in [0.2, 0.25) is 0 Å². The third-order valence-corrected chi connectivity index (χ3v) is 6.13. The minimum Gasteiger partial charge on any atom is -0.454 e. The minimum atomic E-state index is -0.0660. The number of hydrogen-bond acceptors (Lipinski definition) is 5. The molecule has 8 heteroatoms. The number of hydrogen-bond donors (Lipinski definition) is 2. The fourth-order valence-electron chi connectivity index (χ4n) is 4.35. The zero-order valence-electron chi connectivity index (χ0n) is 19.6. The van der Waals surface area contributed by atoms with Crippen molar-refractivity contribution < 1.29 is 9.53 Å². The van der Waals surface area contributed by atoms with E-state index in [1.165, 1.54) is 11.1 Å². The summed E-state index contributed by atoms with van der Waals surface area (Å²) in [5, 5.41) is 4.13. The van der Waals surface area contributed by atoms with E-state index < -0.39 is 0 Å². The van der Waals surface area contributed by atoms with E-state index in [1.807, 2.05) is 42.3 Å². The van der Waals surface area contributed by atoms with Gasteiger partial charge in [-0.3, -0.25) is 0 Å². The Morgan fingerprint density at radius 3 is 2.38 bits per heavy atom. The summed E-state index contributed by atoms with van der Waals surface area (Å²) < 4.78 is 5.81. The molecule has 2 aromatic heterocycles.